The summed E-state index contributed by atoms with van der Waals surface area (Å²) in [5, 5.41) is 10.4. The van der Waals surface area contributed by atoms with E-state index in [-0.39, 0.29) is 83.4 Å². The van der Waals surface area contributed by atoms with Crippen LogP contribution in [0.2, 0.25) is 0 Å². The number of carbonyl (C=O) groups is 6. The van der Waals surface area contributed by atoms with Crippen molar-refractivity contribution in [2.24, 2.45) is 0 Å². The summed E-state index contributed by atoms with van der Waals surface area (Å²) in [5.41, 5.74) is 2.19. The van der Waals surface area contributed by atoms with Crippen molar-refractivity contribution in [1.29, 1.82) is 0 Å². The zero-order valence-corrected chi connectivity index (χ0v) is 25.7. The van der Waals surface area contributed by atoms with E-state index in [4.69, 9.17) is 0 Å². The van der Waals surface area contributed by atoms with Crippen molar-refractivity contribution in [2.75, 3.05) is 0 Å². The number of hydroxylamine groups is 2. The molecule has 0 radical (unpaired) electrons. The summed E-state index contributed by atoms with van der Waals surface area (Å²) in [6.45, 7) is 0. The van der Waals surface area contributed by atoms with Gasteiger partial charge < -0.3 is 14.6 Å². The van der Waals surface area contributed by atoms with Crippen molar-refractivity contribution < 1.29 is 120 Å². The van der Waals surface area contributed by atoms with Gasteiger partial charge in [0.15, 0.2) is 0 Å². The second-order valence-electron chi connectivity index (χ2n) is 7.47. The number of carbonyl (C=O) groups excluding carboxylic acids is 6. The van der Waals surface area contributed by atoms with Crippen LogP contribution in [0.15, 0.2) is 0 Å². The number of imide groups is 2. The fraction of sp³-hybridized carbons (Fsp3) is 0.647. The van der Waals surface area contributed by atoms with E-state index in [2.05, 4.69) is 19.6 Å². The minimum absolute atomic E-state index is 0. The van der Waals surface area contributed by atoms with Gasteiger partial charge in [-0.05, 0) is 12.8 Å². The molecule has 2 aliphatic rings. The number of hydrazine groups is 1. The summed E-state index contributed by atoms with van der Waals surface area (Å²) < 4.78 is 36.9. The zero-order chi connectivity index (χ0) is 26.2. The van der Waals surface area contributed by atoms with Gasteiger partial charge >= 0.3 is 65.1 Å². The molecule has 20 heteroatoms. The predicted octanol–water partition coefficient (Wildman–Crippen LogP) is -8.11. The number of nitrogens with one attached hydrogen (secondary N) is 1. The van der Waals surface area contributed by atoms with Gasteiger partial charge in [0, 0.05) is 24.9 Å². The summed E-state index contributed by atoms with van der Waals surface area (Å²) >= 11 is 0.364. The minimum Gasteiger partial charge on any atom is -0.747 e. The topological polar surface area (TPSA) is 229 Å². The Morgan fingerprint density at radius 2 is 1.54 bits per heavy atom. The molecule has 16 nitrogen and oxygen atoms in total. The van der Waals surface area contributed by atoms with Crippen LogP contribution in [0, 0.1) is 0 Å². The third-order valence-electron chi connectivity index (χ3n) is 4.91. The van der Waals surface area contributed by atoms with Crippen molar-refractivity contribution in [1.82, 2.24) is 15.5 Å². The Morgan fingerprint density at radius 3 is 2.11 bits per heavy atom. The monoisotopic (exact) mass is 585 g/mol. The average molecular weight is 585 g/mol. The van der Waals surface area contributed by atoms with Gasteiger partial charge in [-0.2, -0.15) is 9.34 Å². The molecule has 0 aromatic heterocycles. The predicted molar refractivity (Wildman–Crippen MR) is 107 cm³/mol. The Balaban J connectivity index is 0.00000648. The molecule has 37 heavy (non-hydrogen) atoms. The zero-order valence-electron chi connectivity index (χ0n) is 20.0. The van der Waals surface area contributed by atoms with Gasteiger partial charge in [0.2, 0.25) is 11.8 Å². The Kier molecular flexibility index (Phi) is 16.8. The first-order valence-corrected chi connectivity index (χ1v) is 12.5. The summed E-state index contributed by atoms with van der Waals surface area (Å²) in [6, 6.07) is 0. The van der Waals surface area contributed by atoms with Gasteiger partial charge in [0.1, 0.15) is 20.6 Å². The van der Waals surface area contributed by atoms with Crippen LogP contribution < -0.4 is 69.8 Å². The standard InChI is InChI=1S/C17H23N3O13S2.2Na/c21-12(18-19-13(22)8-10(16(19)25)34-33-32-27)6-4-2-1-3-5-7-15(24)31-20-14(23)9-11(17(20)26)35(28,29)30;;/h10-11,27H,1-9H2,(H,18,21)(H,28,29,30);;/q;2*+1/p-2. The molecule has 0 aromatic carbocycles. The molecule has 2 saturated heterocycles. The van der Waals surface area contributed by atoms with E-state index in [0.717, 1.165) is 0 Å². The number of nitrogens with zero attached hydrogens (tertiary/aromatic N) is 2. The molecule has 2 aliphatic heterocycles. The van der Waals surface area contributed by atoms with E-state index in [1.54, 1.807) is 0 Å². The maximum Gasteiger partial charge on any atom is 1.00 e. The first-order valence-electron chi connectivity index (χ1n) is 10.3. The normalized spacial score (nSPS) is 19.5. The first-order chi connectivity index (χ1) is 16.5. The SMILES string of the molecule is O=C(CCCCCCCC(=O)ON1C(=O)CC(S(=O)(=O)[O-])C1=O)NN1C(=O)CC(SOO[O-])C1=O.[Na+].[Na+]. The second-order valence-corrected chi connectivity index (χ2v) is 9.92. The van der Waals surface area contributed by atoms with E-state index in [9.17, 15) is 47.0 Å². The van der Waals surface area contributed by atoms with E-state index in [1.165, 1.54) is 0 Å². The van der Waals surface area contributed by atoms with Crippen LogP contribution in [-0.4, -0.2) is 69.0 Å². The third kappa shape index (κ3) is 11.2. The first kappa shape index (κ1) is 36.4. The molecule has 5 amide bonds. The molecule has 0 aliphatic carbocycles. The van der Waals surface area contributed by atoms with Crippen LogP contribution >= 0.6 is 12.0 Å². The molecule has 2 unspecified atom stereocenters. The minimum atomic E-state index is -5.05. The summed E-state index contributed by atoms with van der Waals surface area (Å²) in [4.78, 5) is 75.4. The number of hydrogen-bond acceptors (Lipinski definition) is 14. The number of hydrogen-bond donors (Lipinski definition) is 1. The molecule has 0 aromatic rings. The van der Waals surface area contributed by atoms with Crippen LogP contribution in [0.4, 0.5) is 0 Å². The van der Waals surface area contributed by atoms with Gasteiger partial charge in [0.05, 0.1) is 12.8 Å². The van der Waals surface area contributed by atoms with Crippen LogP contribution in [0.3, 0.4) is 0 Å². The molecular formula is C17H21N3Na2O13S2. The molecule has 2 heterocycles. The molecular weight excluding hydrogens is 564 g/mol. The largest absolute Gasteiger partial charge is 1.00 e. The van der Waals surface area contributed by atoms with Crippen molar-refractivity contribution in [3.63, 3.8) is 0 Å². The Morgan fingerprint density at radius 1 is 0.946 bits per heavy atom. The van der Waals surface area contributed by atoms with E-state index < -0.39 is 62.5 Å². The molecule has 2 fully saturated rings. The second kappa shape index (κ2) is 17.1. The Hall–Kier alpha value is -0.640. The van der Waals surface area contributed by atoms with Gasteiger partial charge in [-0.1, -0.05) is 19.3 Å². The van der Waals surface area contributed by atoms with Gasteiger partial charge in [0.25, 0.3) is 17.7 Å². The molecule has 2 atom stereocenters. The summed E-state index contributed by atoms with van der Waals surface area (Å²) in [6.07, 6.45) is 1.13. The molecule has 0 spiro atoms. The number of amides is 5. The van der Waals surface area contributed by atoms with Crippen molar-refractivity contribution in [3.8, 4) is 0 Å². The fourth-order valence-electron chi connectivity index (χ4n) is 3.18. The van der Waals surface area contributed by atoms with E-state index in [1.807, 2.05) is 0 Å². The molecule has 0 saturated carbocycles. The quantitative estimate of drug-likeness (QED) is 0.0380. The molecule has 196 valence electrons. The van der Waals surface area contributed by atoms with Gasteiger partial charge in [-0.25, -0.2) is 13.2 Å². The number of rotatable bonds is 14. The molecule has 0 bridgehead atoms. The maximum atomic E-state index is 12.0. The Labute approximate surface area is 259 Å². The van der Waals surface area contributed by atoms with Crippen LogP contribution in [0.1, 0.15) is 57.8 Å². The van der Waals surface area contributed by atoms with Gasteiger partial charge in [-0.3, -0.25) is 34.4 Å². The molecule has 2 rings (SSSR count). The van der Waals surface area contributed by atoms with E-state index in [0.29, 0.717) is 49.2 Å². The van der Waals surface area contributed by atoms with Crippen LogP contribution in [0.25, 0.3) is 0 Å². The summed E-state index contributed by atoms with van der Waals surface area (Å²) in [5.74, 6) is -5.42. The molecule has 1 N–H and O–H groups in total. The summed E-state index contributed by atoms with van der Waals surface area (Å²) in [7, 11) is -5.05. The fourth-order valence-corrected chi connectivity index (χ4v) is 4.39. The number of unbranched alkanes of at least 4 members (excludes halogenated alkanes) is 4. The third-order valence-corrected chi connectivity index (χ3v) is 6.71. The average Bonchev–Trinajstić information content (AvgIpc) is 3.21. The maximum absolute atomic E-state index is 12.0. The van der Waals surface area contributed by atoms with Crippen molar-refractivity contribution >= 4 is 57.7 Å². The Bertz CT molecular complexity index is 981. The van der Waals surface area contributed by atoms with Crippen LogP contribution in [0.5, 0.6) is 0 Å². The van der Waals surface area contributed by atoms with Crippen LogP contribution in [-0.2, 0) is 53.1 Å². The van der Waals surface area contributed by atoms with E-state index >= 15 is 0 Å². The smallest absolute Gasteiger partial charge is 0.747 e. The van der Waals surface area contributed by atoms with Crippen molar-refractivity contribution in [2.45, 2.75) is 68.3 Å². The van der Waals surface area contributed by atoms with Crippen molar-refractivity contribution in [3.05, 3.63) is 0 Å². The van der Waals surface area contributed by atoms with Gasteiger partial charge in [-0.15, -0.1) is 5.06 Å².